The Hall–Kier alpha value is -3.14. The summed E-state index contributed by atoms with van der Waals surface area (Å²) in [7, 11) is 0. The Labute approximate surface area is 170 Å². The van der Waals surface area contributed by atoms with Crippen LogP contribution in [0.5, 0.6) is 0 Å². The molecule has 0 atom stereocenters. The summed E-state index contributed by atoms with van der Waals surface area (Å²) in [6, 6.07) is 23.5. The number of hydrogen-bond donors (Lipinski definition) is 1. The maximum Gasteiger partial charge on any atom is 0.253 e. The molecule has 146 valence electrons. The van der Waals surface area contributed by atoms with Crippen molar-refractivity contribution in [2.24, 2.45) is 5.92 Å². The van der Waals surface area contributed by atoms with E-state index in [1.165, 1.54) is 12.8 Å². The average Bonchev–Trinajstić information content (AvgIpc) is 3.50. The number of carbonyl (C=O) groups is 1. The molecular formula is C25H24N2O2. The van der Waals surface area contributed by atoms with Gasteiger partial charge in [0.25, 0.3) is 11.5 Å². The van der Waals surface area contributed by atoms with E-state index in [-0.39, 0.29) is 11.5 Å². The van der Waals surface area contributed by atoms with E-state index in [4.69, 9.17) is 0 Å². The molecule has 1 aliphatic carbocycles. The molecule has 0 saturated heterocycles. The Bertz CT molecular complexity index is 1060. The van der Waals surface area contributed by atoms with E-state index >= 15 is 0 Å². The standard InChI is InChI=1S/C25H24N2O2/c28-22-14-13-21(15-18-11-12-18)23-26-24(29)25(27(22)23,16-19-7-3-1-4-8-19)17-20-9-5-2-6-10-20/h1-10,13-14,18H,11-12,15-17H2,(H,26,29). The van der Waals surface area contributed by atoms with Gasteiger partial charge in [-0.15, -0.1) is 0 Å². The fourth-order valence-electron chi connectivity index (χ4n) is 4.51. The Morgan fingerprint density at radius 3 is 1.97 bits per heavy atom. The lowest BCUT2D eigenvalue weighted by atomic mass is 9.84. The fourth-order valence-corrected chi connectivity index (χ4v) is 4.51. The van der Waals surface area contributed by atoms with Gasteiger partial charge in [-0.25, -0.2) is 0 Å². The molecule has 0 spiro atoms. The van der Waals surface area contributed by atoms with Crippen molar-refractivity contribution < 1.29 is 4.79 Å². The minimum Gasteiger partial charge on any atom is -0.310 e. The van der Waals surface area contributed by atoms with E-state index in [0.29, 0.717) is 24.6 Å². The molecule has 1 aromatic heterocycles. The van der Waals surface area contributed by atoms with Gasteiger partial charge in [0.05, 0.1) is 0 Å². The highest BCUT2D eigenvalue weighted by Gasteiger charge is 2.48. The topological polar surface area (TPSA) is 51.1 Å². The number of carbonyl (C=O) groups excluding carboxylic acids is 1. The van der Waals surface area contributed by atoms with Crippen LogP contribution < -0.4 is 10.9 Å². The fraction of sp³-hybridized carbons (Fsp3) is 0.280. The van der Waals surface area contributed by atoms with E-state index in [0.717, 1.165) is 23.1 Å². The van der Waals surface area contributed by atoms with Gasteiger partial charge >= 0.3 is 0 Å². The number of hydrogen-bond acceptors (Lipinski definition) is 2. The van der Waals surface area contributed by atoms with Crippen LogP contribution >= 0.6 is 0 Å². The number of amides is 1. The number of fused-ring (bicyclic) bond motifs is 1. The Morgan fingerprint density at radius 1 is 0.828 bits per heavy atom. The van der Waals surface area contributed by atoms with Crippen molar-refractivity contribution in [2.45, 2.75) is 37.6 Å². The van der Waals surface area contributed by atoms with E-state index < -0.39 is 5.54 Å². The first kappa shape index (κ1) is 17.9. The molecule has 2 aliphatic rings. The number of anilines is 1. The molecule has 1 aliphatic heterocycles. The Kier molecular flexibility index (Phi) is 4.35. The zero-order chi connectivity index (χ0) is 19.8. The van der Waals surface area contributed by atoms with Gasteiger partial charge in [0.2, 0.25) is 0 Å². The van der Waals surface area contributed by atoms with E-state index in [1.807, 2.05) is 66.7 Å². The van der Waals surface area contributed by atoms with Crippen LogP contribution in [0.15, 0.2) is 77.6 Å². The van der Waals surface area contributed by atoms with Crippen LogP contribution in [0.3, 0.4) is 0 Å². The van der Waals surface area contributed by atoms with Crippen LogP contribution in [0, 0.1) is 5.92 Å². The van der Waals surface area contributed by atoms with Crippen LogP contribution in [0.2, 0.25) is 0 Å². The smallest absolute Gasteiger partial charge is 0.253 e. The molecule has 0 unspecified atom stereocenters. The normalized spacial score (nSPS) is 17.0. The second-order valence-electron chi connectivity index (χ2n) is 8.34. The third kappa shape index (κ3) is 3.29. The minimum absolute atomic E-state index is 0.0921. The maximum atomic E-state index is 13.5. The second-order valence-corrected chi connectivity index (χ2v) is 8.34. The highest BCUT2D eigenvalue weighted by atomic mass is 16.2. The van der Waals surface area contributed by atoms with Crippen molar-refractivity contribution in [1.82, 2.24) is 4.57 Å². The molecule has 0 radical (unpaired) electrons. The van der Waals surface area contributed by atoms with Gasteiger partial charge in [-0.1, -0.05) is 60.7 Å². The molecule has 0 bridgehead atoms. The van der Waals surface area contributed by atoms with E-state index in [2.05, 4.69) is 5.32 Å². The minimum atomic E-state index is -0.964. The summed E-state index contributed by atoms with van der Waals surface area (Å²) < 4.78 is 1.74. The number of pyridine rings is 1. The third-order valence-corrected chi connectivity index (χ3v) is 6.14. The van der Waals surface area contributed by atoms with Gasteiger partial charge in [0.15, 0.2) is 0 Å². The van der Waals surface area contributed by atoms with Crippen molar-refractivity contribution in [3.8, 4) is 0 Å². The largest absolute Gasteiger partial charge is 0.310 e. The zero-order valence-electron chi connectivity index (χ0n) is 16.3. The van der Waals surface area contributed by atoms with Crippen molar-refractivity contribution in [1.29, 1.82) is 0 Å². The van der Waals surface area contributed by atoms with Gasteiger partial charge in [-0.2, -0.15) is 0 Å². The zero-order valence-corrected chi connectivity index (χ0v) is 16.3. The highest BCUT2D eigenvalue weighted by molar-refractivity contribution is 6.01. The predicted molar refractivity (Wildman–Crippen MR) is 114 cm³/mol. The first-order valence-corrected chi connectivity index (χ1v) is 10.3. The lowest BCUT2D eigenvalue weighted by molar-refractivity contribution is -0.123. The van der Waals surface area contributed by atoms with Crippen molar-refractivity contribution in [3.05, 3.63) is 99.8 Å². The number of nitrogens with zero attached hydrogens (tertiary/aromatic N) is 1. The molecular weight excluding hydrogens is 360 g/mol. The predicted octanol–water partition coefficient (Wildman–Crippen LogP) is 3.93. The Morgan fingerprint density at radius 2 is 1.41 bits per heavy atom. The summed E-state index contributed by atoms with van der Waals surface area (Å²) in [6.07, 6.45) is 4.34. The number of rotatable bonds is 6. The van der Waals surface area contributed by atoms with Gasteiger partial charge in [-0.05, 0) is 47.9 Å². The molecule has 4 heteroatoms. The average molecular weight is 384 g/mol. The van der Waals surface area contributed by atoms with Gasteiger partial charge < -0.3 is 5.32 Å². The molecule has 5 rings (SSSR count). The molecule has 1 amide bonds. The highest BCUT2D eigenvalue weighted by Crippen LogP contribution is 2.40. The van der Waals surface area contributed by atoms with Gasteiger partial charge in [0.1, 0.15) is 11.4 Å². The van der Waals surface area contributed by atoms with Crippen molar-refractivity contribution in [3.63, 3.8) is 0 Å². The summed E-state index contributed by atoms with van der Waals surface area (Å²) in [6.45, 7) is 0. The van der Waals surface area contributed by atoms with Gasteiger partial charge in [0, 0.05) is 18.9 Å². The van der Waals surface area contributed by atoms with Gasteiger partial charge in [-0.3, -0.25) is 14.2 Å². The van der Waals surface area contributed by atoms with Crippen LogP contribution in [0.25, 0.3) is 0 Å². The second kappa shape index (κ2) is 7.03. The third-order valence-electron chi connectivity index (χ3n) is 6.14. The molecule has 2 aromatic carbocycles. The lowest BCUT2D eigenvalue weighted by Gasteiger charge is -2.29. The number of nitrogens with one attached hydrogen (secondary N) is 1. The monoisotopic (exact) mass is 384 g/mol. The van der Waals surface area contributed by atoms with Crippen LogP contribution in [-0.4, -0.2) is 10.5 Å². The summed E-state index contributed by atoms with van der Waals surface area (Å²) in [5.74, 6) is 1.28. The maximum absolute atomic E-state index is 13.5. The SMILES string of the molecule is O=C1Nc2c(CC3CC3)ccc(=O)n2C1(Cc1ccccc1)Cc1ccccc1. The number of benzene rings is 2. The van der Waals surface area contributed by atoms with Crippen LogP contribution in [-0.2, 0) is 29.6 Å². The summed E-state index contributed by atoms with van der Waals surface area (Å²) >= 11 is 0. The number of aromatic nitrogens is 1. The van der Waals surface area contributed by atoms with Crippen molar-refractivity contribution >= 4 is 11.7 Å². The molecule has 1 saturated carbocycles. The summed E-state index contributed by atoms with van der Waals surface area (Å²) in [5, 5.41) is 3.10. The quantitative estimate of drug-likeness (QED) is 0.700. The van der Waals surface area contributed by atoms with Crippen LogP contribution in [0.4, 0.5) is 5.82 Å². The summed E-state index contributed by atoms with van der Waals surface area (Å²) in [5.41, 5.74) is 2.08. The molecule has 4 nitrogen and oxygen atoms in total. The Balaban J connectivity index is 1.66. The first-order valence-electron chi connectivity index (χ1n) is 10.3. The summed E-state index contributed by atoms with van der Waals surface area (Å²) in [4.78, 5) is 26.6. The van der Waals surface area contributed by atoms with Crippen molar-refractivity contribution in [2.75, 3.05) is 5.32 Å². The van der Waals surface area contributed by atoms with E-state index in [1.54, 1.807) is 10.6 Å². The lowest BCUT2D eigenvalue weighted by Crippen LogP contribution is -2.47. The molecule has 3 aromatic rings. The molecule has 29 heavy (non-hydrogen) atoms. The first-order chi connectivity index (χ1) is 14.2. The molecule has 1 N–H and O–H groups in total. The van der Waals surface area contributed by atoms with E-state index in [9.17, 15) is 9.59 Å². The molecule has 2 heterocycles. The molecule has 1 fully saturated rings. The van der Waals surface area contributed by atoms with Crippen LogP contribution in [0.1, 0.15) is 29.5 Å².